The van der Waals surface area contributed by atoms with E-state index in [1.165, 1.54) is 0 Å². The second-order valence-electron chi connectivity index (χ2n) is 1.10. The maximum atomic E-state index is 5.07. The van der Waals surface area contributed by atoms with Crippen LogP contribution < -0.4 is 0 Å². The number of hydrogen-bond acceptors (Lipinski definition) is 3. The van der Waals surface area contributed by atoms with E-state index in [1.807, 2.05) is 6.92 Å². The van der Waals surface area contributed by atoms with E-state index in [-0.39, 0.29) is 7.32 Å². The number of methoxy groups -OCH3 is 1. The molecule has 0 radical (unpaired) electrons. The Hall–Kier alpha value is 0.850. The summed E-state index contributed by atoms with van der Waals surface area (Å²) in [7, 11) is 5.20. The van der Waals surface area contributed by atoms with Crippen LogP contribution >= 0.6 is 29.0 Å². The first-order valence-corrected chi connectivity index (χ1v) is 6.93. The van der Waals surface area contributed by atoms with Crippen LogP contribution in [-0.4, -0.2) is 7.11 Å². The molecule has 0 bridgehead atoms. The van der Waals surface area contributed by atoms with Gasteiger partial charge in [0.15, 0.2) is 0 Å². The van der Waals surface area contributed by atoms with E-state index in [0.29, 0.717) is 5.95 Å². The SMILES string of the molecule is CC=C(OC)O[S-](#P)I. The van der Waals surface area contributed by atoms with Gasteiger partial charge >= 0.3 is 71.3 Å². The molecule has 0 heterocycles. The van der Waals surface area contributed by atoms with Crippen molar-refractivity contribution < 1.29 is 8.92 Å². The van der Waals surface area contributed by atoms with Crippen molar-refractivity contribution >= 4 is 36.3 Å². The van der Waals surface area contributed by atoms with Crippen LogP contribution in [0.5, 0.6) is 0 Å². The first kappa shape index (κ1) is 9.85. The van der Waals surface area contributed by atoms with E-state index in [4.69, 9.17) is 8.92 Å². The average Bonchev–Trinajstić information content (AvgIpc) is 1.82. The molecule has 0 aromatic carbocycles. The van der Waals surface area contributed by atoms with Crippen molar-refractivity contribution in [1.82, 2.24) is 0 Å². The van der Waals surface area contributed by atoms with Crippen molar-refractivity contribution in [3.8, 4) is 0 Å². The minimum absolute atomic E-state index is 0.374. The molecule has 0 fully saturated rings. The van der Waals surface area contributed by atoms with Gasteiger partial charge in [-0.05, 0) is 0 Å². The minimum atomic E-state index is -0.374. The molecule has 0 spiro atoms. The van der Waals surface area contributed by atoms with E-state index in [0.717, 1.165) is 0 Å². The standard InChI is InChI=1S/C4H7IO2PS/c1-3-4(6-2)7-9(5)8/h3H,1-2H3/q-1. The third-order valence-corrected chi connectivity index (χ3v) is 1.65. The summed E-state index contributed by atoms with van der Waals surface area (Å²) in [5, 5.41) is 0. The van der Waals surface area contributed by atoms with Crippen LogP contribution in [0.2, 0.25) is 0 Å². The van der Waals surface area contributed by atoms with Gasteiger partial charge < -0.3 is 0 Å². The Balaban J connectivity index is 3.76. The van der Waals surface area contributed by atoms with E-state index < -0.39 is 0 Å². The number of rotatable bonds is 2. The topological polar surface area (TPSA) is 18.5 Å². The molecule has 2 nitrogen and oxygen atoms in total. The summed E-state index contributed by atoms with van der Waals surface area (Å²) in [6.45, 7) is 1.84. The van der Waals surface area contributed by atoms with Crippen molar-refractivity contribution in [3.05, 3.63) is 12.0 Å². The van der Waals surface area contributed by atoms with E-state index >= 15 is 0 Å². The van der Waals surface area contributed by atoms with Crippen LogP contribution in [0, 0.1) is 0 Å². The molecule has 9 heavy (non-hydrogen) atoms. The van der Waals surface area contributed by atoms with Gasteiger partial charge in [-0.2, -0.15) is 0 Å². The quantitative estimate of drug-likeness (QED) is 0.334. The van der Waals surface area contributed by atoms with Crippen LogP contribution in [0.25, 0.3) is 0 Å². The first-order valence-electron chi connectivity index (χ1n) is 2.19. The molecule has 0 rings (SSSR count). The van der Waals surface area contributed by atoms with Crippen molar-refractivity contribution in [3.63, 3.8) is 0 Å². The molecule has 0 aromatic heterocycles. The van der Waals surface area contributed by atoms with Crippen LogP contribution in [-0.2, 0) is 16.2 Å². The van der Waals surface area contributed by atoms with Gasteiger partial charge in [0.05, 0.1) is 0 Å². The van der Waals surface area contributed by atoms with Crippen LogP contribution in [0.4, 0.5) is 0 Å². The number of hydrogen-bond donors (Lipinski definition) is 0. The predicted molar refractivity (Wildman–Crippen MR) is 50.2 cm³/mol. The number of halogens is 1. The van der Waals surface area contributed by atoms with Crippen molar-refractivity contribution in [2.24, 2.45) is 0 Å². The van der Waals surface area contributed by atoms with Gasteiger partial charge in [0, 0.05) is 0 Å². The summed E-state index contributed by atoms with van der Waals surface area (Å²) < 4.78 is 9.87. The zero-order chi connectivity index (χ0) is 7.28. The Morgan fingerprint density at radius 2 is 2.33 bits per heavy atom. The van der Waals surface area contributed by atoms with Gasteiger partial charge in [-0.1, -0.05) is 0 Å². The second-order valence-corrected chi connectivity index (χ2v) is 7.17. The zero-order valence-corrected chi connectivity index (χ0v) is 9.00. The fourth-order valence-electron chi connectivity index (χ4n) is 0.268. The van der Waals surface area contributed by atoms with Crippen molar-refractivity contribution in [1.29, 1.82) is 0 Å². The van der Waals surface area contributed by atoms with Gasteiger partial charge in [-0.15, -0.1) is 0 Å². The van der Waals surface area contributed by atoms with E-state index in [1.54, 1.807) is 13.2 Å². The van der Waals surface area contributed by atoms with E-state index in [2.05, 4.69) is 29.0 Å². The molecule has 0 N–H and O–H groups in total. The molecule has 0 aromatic rings. The van der Waals surface area contributed by atoms with Gasteiger partial charge in [-0.25, -0.2) is 0 Å². The Morgan fingerprint density at radius 3 is 2.44 bits per heavy atom. The van der Waals surface area contributed by atoms with Crippen LogP contribution in [0.1, 0.15) is 6.92 Å². The first-order chi connectivity index (χ1) is 4.20. The molecule has 54 valence electrons. The second kappa shape index (κ2) is 5.62. The normalized spacial score (nSPS) is 11.7. The molecule has 0 saturated carbocycles. The Kier molecular flexibility index (Phi) is 6.15. The summed E-state index contributed by atoms with van der Waals surface area (Å²) in [5.74, 6) is 0.516. The summed E-state index contributed by atoms with van der Waals surface area (Å²) >= 11 is 2.05. The Bertz CT molecular complexity index is 171. The third kappa shape index (κ3) is 5.30. The molecule has 0 aliphatic heterocycles. The molecule has 0 saturated heterocycles. The zero-order valence-electron chi connectivity index (χ0n) is 5.13. The summed E-state index contributed by atoms with van der Waals surface area (Å²) in [5.41, 5.74) is 0. The summed E-state index contributed by atoms with van der Waals surface area (Å²) in [6.07, 6.45) is 1.74. The molecule has 0 unspecified atom stereocenters. The number of ether oxygens (including phenoxy) is 1. The van der Waals surface area contributed by atoms with Crippen molar-refractivity contribution in [2.45, 2.75) is 6.92 Å². The van der Waals surface area contributed by atoms with Gasteiger partial charge in [-0.3, -0.25) is 0 Å². The summed E-state index contributed by atoms with van der Waals surface area (Å²) in [6, 6.07) is 0. The Labute approximate surface area is 71.2 Å². The van der Waals surface area contributed by atoms with Gasteiger partial charge in [0.1, 0.15) is 0 Å². The third-order valence-electron chi connectivity index (χ3n) is 0.588. The van der Waals surface area contributed by atoms with Gasteiger partial charge in [0.2, 0.25) is 0 Å². The molecule has 5 heteroatoms. The molecular weight excluding hydrogens is 270 g/mol. The number of allylic oxidation sites excluding steroid dienone is 1. The Morgan fingerprint density at radius 1 is 1.78 bits per heavy atom. The molecule has 0 aliphatic rings. The van der Waals surface area contributed by atoms with E-state index in [9.17, 15) is 0 Å². The molecular formula is C4H7IO2PS-. The molecule has 0 amide bonds. The van der Waals surface area contributed by atoms with Gasteiger partial charge in [0.25, 0.3) is 0 Å². The monoisotopic (exact) mass is 277 g/mol. The molecule has 0 atom stereocenters. The fourth-order valence-corrected chi connectivity index (χ4v) is 1.32. The predicted octanol–water partition coefficient (Wildman–Crippen LogP) is 2.72. The van der Waals surface area contributed by atoms with Crippen LogP contribution in [0.3, 0.4) is 0 Å². The molecule has 0 aliphatic carbocycles. The average molecular weight is 277 g/mol. The summed E-state index contributed by atoms with van der Waals surface area (Å²) in [4.78, 5) is 0. The van der Waals surface area contributed by atoms with Crippen LogP contribution in [0.15, 0.2) is 12.0 Å². The fraction of sp³-hybridized carbons (Fsp3) is 0.500. The maximum absolute atomic E-state index is 5.07. The van der Waals surface area contributed by atoms with Crippen molar-refractivity contribution in [2.75, 3.05) is 7.11 Å².